The normalized spacial score (nSPS) is 15.8. The zero-order chi connectivity index (χ0) is 22.8. The van der Waals surface area contributed by atoms with E-state index in [4.69, 9.17) is 4.74 Å². The number of piperidine rings is 1. The molecule has 5 rings (SSSR count). The molecule has 6 nitrogen and oxygen atoms in total. The van der Waals surface area contributed by atoms with E-state index in [9.17, 15) is 14.7 Å². The molecule has 168 valence electrons. The standard InChI is InChI=1S/C27H26N2O4/c30-20-13-15-29(16-14-20)25(31)17-18-9-11-19(12-10-18)28-27(32)26-21-5-1-3-7-23(21)33-24-8-4-2-6-22(24)26/h1-12,20,26,30H,13-17H2,(H,28,32). The fourth-order valence-electron chi connectivity index (χ4n) is 4.51. The Kier molecular flexibility index (Phi) is 5.84. The van der Waals surface area contributed by atoms with Gasteiger partial charge in [0.15, 0.2) is 0 Å². The molecule has 3 aromatic rings. The van der Waals surface area contributed by atoms with Gasteiger partial charge in [0, 0.05) is 29.9 Å². The summed E-state index contributed by atoms with van der Waals surface area (Å²) in [6.45, 7) is 1.20. The number of anilines is 1. The van der Waals surface area contributed by atoms with Crippen LogP contribution in [0.25, 0.3) is 0 Å². The Balaban J connectivity index is 1.29. The van der Waals surface area contributed by atoms with Crippen LogP contribution in [0.5, 0.6) is 11.5 Å². The van der Waals surface area contributed by atoms with Crippen LogP contribution in [0.3, 0.4) is 0 Å². The smallest absolute Gasteiger partial charge is 0.236 e. The van der Waals surface area contributed by atoms with E-state index in [0.717, 1.165) is 16.7 Å². The number of fused-ring (bicyclic) bond motifs is 2. The first-order valence-corrected chi connectivity index (χ1v) is 11.3. The Bertz CT molecular complexity index is 1120. The van der Waals surface area contributed by atoms with Crippen LogP contribution in [0.4, 0.5) is 5.69 Å². The number of hydrogen-bond acceptors (Lipinski definition) is 4. The number of carbonyl (C=O) groups excluding carboxylic acids is 2. The summed E-state index contributed by atoms with van der Waals surface area (Å²) >= 11 is 0. The molecule has 2 amide bonds. The summed E-state index contributed by atoms with van der Waals surface area (Å²) < 4.78 is 5.99. The Morgan fingerprint density at radius 1 is 0.879 bits per heavy atom. The molecular formula is C27H26N2O4. The van der Waals surface area contributed by atoms with Crippen LogP contribution in [0.15, 0.2) is 72.8 Å². The van der Waals surface area contributed by atoms with Gasteiger partial charge in [0.25, 0.3) is 0 Å². The number of ether oxygens (including phenoxy) is 1. The molecule has 0 saturated carbocycles. The van der Waals surface area contributed by atoms with Gasteiger partial charge in [-0.25, -0.2) is 0 Å². The maximum atomic E-state index is 13.3. The SMILES string of the molecule is O=C(Nc1ccc(CC(=O)N2CCC(O)CC2)cc1)C1c2ccccc2Oc2ccccc21. The predicted octanol–water partition coefficient (Wildman–Crippen LogP) is 4.09. The number of aliphatic hydroxyl groups excluding tert-OH is 1. The van der Waals surface area contributed by atoms with Crippen LogP contribution in [0.1, 0.15) is 35.4 Å². The number of aliphatic hydroxyl groups is 1. The van der Waals surface area contributed by atoms with E-state index in [1.165, 1.54) is 0 Å². The summed E-state index contributed by atoms with van der Waals surface area (Å²) in [6, 6.07) is 22.6. The fourth-order valence-corrected chi connectivity index (χ4v) is 4.51. The minimum atomic E-state index is -0.471. The molecule has 6 heteroatoms. The second-order valence-electron chi connectivity index (χ2n) is 8.59. The molecule has 1 saturated heterocycles. The lowest BCUT2D eigenvalue weighted by Crippen LogP contribution is -2.40. The molecule has 0 aliphatic carbocycles. The molecular weight excluding hydrogens is 416 g/mol. The molecule has 0 radical (unpaired) electrons. The maximum absolute atomic E-state index is 13.3. The van der Waals surface area contributed by atoms with Crippen molar-refractivity contribution < 1.29 is 19.4 Å². The zero-order valence-corrected chi connectivity index (χ0v) is 18.2. The molecule has 33 heavy (non-hydrogen) atoms. The summed E-state index contributed by atoms with van der Waals surface area (Å²) in [5, 5.41) is 12.6. The van der Waals surface area contributed by atoms with Crippen LogP contribution < -0.4 is 10.1 Å². The van der Waals surface area contributed by atoms with Gasteiger partial charge in [-0.1, -0.05) is 48.5 Å². The van der Waals surface area contributed by atoms with Crippen molar-refractivity contribution in [2.24, 2.45) is 0 Å². The third-order valence-corrected chi connectivity index (χ3v) is 6.34. The number of para-hydroxylation sites is 2. The Morgan fingerprint density at radius 3 is 2.06 bits per heavy atom. The zero-order valence-electron chi connectivity index (χ0n) is 18.2. The van der Waals surface area contributed by atoms with Crippen molar-refractivity contribution in [1.82, 2.24) is 4.90 Å². The first-order chi connectivity index (χ1) is 16.1. The molecule has 0 atom stereocenters. The minimum Gasteiger partial charge on any atom is -0.457 e. The lowest BCUT2D eigenvalue weighted by atomic mass is 9.87. The molecule has 0 unspecified atom stereocenters. The van der Waals surface area contributed by atoms with Crippen LogP contribution in [0, 0.1) is 0 Å². The summed E-state index contributed by atoms with van der Waals surface area (Å²) in [6.07, 6.45) is 1.28. The molecule has 1 fully saturated rings. The van der Waals surface area contributed by atoms with Crippen molar-refractivity contribution >= 4 is 17.5 Å². The number of carbonyl (C=O) groups is 2. The first kappa shape index (κ1) is 21.2. The highest BCUT2D eigenvalue weighted by molar-refractivity contribution is 5.99. The molecule has 2 N–H and O–H groups in total. The number of rotatable bonds is 4. The Labute approximate surface area is 192 Å². The van der Waals surface area contributed by atoms with Gasteiger partial charge in [0.1, 0.15) is 11.5 Å². The van der Waals surface area contributed by atoms with Gasteiger partial charge >= 0.3 is 0 Å². The summed E-state index contributed by atoms with van der Waals surface area (Å²) in [4.78, 5) is 27.7. The number of nitrogens with zero attached hydrogens (tertiary/aromatic N) is 1. The number of hydrogen-bond donors (Lipinski definition) is 2. The molecule has 3 aromatic carbocycles. The summed E-state index contributed by atoms with van der Waals surface area (Å²) in [5.74, 6) is 0.843. The van der Waals surface area contributed by atoms with E-state index in [-0.39, 0.29) is 17.9 Å². The van der Waals surface area contributed by atoms with Gasteiger partial charge in [0.05, 0.1) is 18.4 Å². The van der Waals surface area contributed by atoms with Crippen LogP contribution in [-0.2, 0) is 16.0 Å². The Hall–Kier alpha value is -3.64. The molecule has 2 heterocycles. The molecule has 0 bridgehead atoms. The van der Waals surface area contributed by atoms with E-state index in [1.807, 2.05) is 77.7 Å². The highest BCUT2D eigenvalue weighted by Gasteiger charge is 2.32. The van der Waals surface area contributed by atoms with E-state index in [2.05, 4.69) is 5.32 Å². The summed E-state index contributed by atoms with van der Waals surface area (Å²) in [7, 11) is 0. The fraction of sp³-hybridized carbons (Fsp3) is 0.259. The quantitative estimate of drug-likeness (QED) is 0.638. The Morgan fingerprint density at radius 2 is 1.45 bits per heavy atom. The molecule has 0 aromatic heterocycles. The third kappa shape index (κ3) is 4.47. The van der Waals surface area contributed by atoms with Gasteiger partial charge in [0.2, 0.25) is 11.8 Å². The first-order valence-electron chi connectivity index (χ1n) is 11.3. The topological polar surface area (TPSA) is 78.9 Å². The average molecular weight is 443 g/mol. The van der Waals surface area contributed by atoms with Crippen molar-refractivity contribution in [2.45, 2.75) is 31.3 Å². The van der Waals surface area contributed by atoms with E-state index < -0.39 is 5.92 Å². The second kappa shape index (κ2) is 9.08. The number of nitrogens with one attached hydrogen (secondary N) is 1. The lowest BCUT2D eigenvalue weighted by molar-refractivity contribution is -0.132. The van der Waals surface area contributed by atoms with Crippen molar-refractivity contribution in [3.05, 3.63) is 89.5 Å². The van der Waals surface area contributed by atoms with Gasteiger partial charge in [-0.3, -0.25) is 9.59 Å². The van der Waals surface area contributed by atoms with Crippen LogP contribution in [-0.4, -0.2) is 41.0 Å². The van der Waals surface area contributed by atoms with Crippen molar-refractivity contribution in [2.75, 3.05) is 18.4 Å². The van der Waals surface area contributed by atoms with Gasteiger partial charge in [-0.15, -0.1) is 0 Å². The number of likely N-dealkylation sites (tertiary alicyclic amines) is 1. The maximum Gasteiger partial charge on any atom is 0.236 e. The van der Waals surface area contributed by atoms with Gasteiger partial charge in [-0.2, -0.15) is 0 Å². The van der Waals surface area contributed by atoms with Crippen LogP contribution >= 0.6 is 0 Å². The highest BCUT2D eigenvalue weighted by atomic mass is 16.5. The molecule has 0 spiro atoms. The third-order valence-electron chi connectivity index (χ3n) is 6.34. The highest BCUT2D eigenvalue weighted by Crippen LogP contribution is 2.44. The average Bonchev–Trinajstić information content (AvgIpc) is 2.84. The van der Waals surface area contributed by atoms with Crippen molar-refractivity contribution in [1.29, 1.82) is 0 Å². The molecule has 2 aliphatic rings. The number of benzene rings is 3. The van der Waals surface area contributed by atoms with E-state index in [0.29, 0.717) is 49.5 Å². The monoisotopic (exact) mass is 442 g/mol. The van der Waals surface area contributed by atoms with Gasteiger partial charge in [-0.05, 0) is 42.7 Å². The van der Waals surface area contributed by atoms with E-state index >= 15 is 0 Å². The molecule has 2 aliphatic heterocycles. The lowest BCUT2D eigenvalue weighted by Gasteiger charge is -2.29. The van der Waals surface area contributed by atoms with Crippen molar-refractivity contribution in [3.8, 4) is 11.5 Å². The van der Waals surface area contributed by atoms with E-state index in [1.54, 1.807) is 0 Å². The van der Waals surface area contributed by atoms with Crippen LogP contribution in [0.2, 0.25) is 0 Å². The van der Waals surface area contributed by atoms with Crippen molar-refractivity contribution in [3.63, 3.8) is 0 Å². The largest absolute Gasteiger partial charge is 0.457 e. The minimum absolute atomic E-state index is 0.0640. The second-order valence-corrected chi connectivity index (χ2v) is 8.59. The number of amides is 2. The van der Waals surface area contributed by atoms with Gasteiger partial charge < -0.3 is 20.1 Å². The predicted molar refractivity (Wildman–Crippen MR) is 125 cm³/mol. The summed E-state index contributed by atoms with van der Waals surface area (Å²) in [5.41, 5.74) is 3.25.